The number of ether oxygens (including phenoxy) is 1. The summed E-state index contributed by atoms with van der Waals surface area (Å²) in [7, 11) is 0. The molecule has 0 spiro atoms. The van der Waals surface area contributed by atoms with E-state index in [0.29, 0.717) is 11.3 Å². The Kier molecular flexibility index (Phi) is 5.63. The molecule has 152 valence electrons. The first-order chi connectivity index (χ1) is 13.6. The van der Waals surface area contributed by atoms with E-state index in [-0.39, 0.29) is 34.3 Å². The van der Waals surface area contributed by atoms with E-state index in [4.69, 9.17) is 10.00 Å². The molecule has 2 aromatic rings. The summed E-state index contributed by atoms with van der Waals surface area (Å²) in [5.74, 6) is -0.528. The Morgan fingerprint density at radius 1 is 1.14 bits per heavy atom. The molecule has 29 heavy (non-hydrogen) atoms. The molecule has 0 saturated carbocycles. The fourth-order valence-electron chi connectivity index (χ4n) is 4.19. The van der Waals surface area contributed by atoms with Crippen LogP contribution in [0.1, 0.15) is 56.5 Å². The zero-order chi connectivity index (χ0) is 21.2. The van der Waals surface area contributed by atoms with E-state index < -0.39 is 5.82 Å². The van der Waals surface area contributed by atoms with Crippen LogP contribution in [-0.4, -0.2) is 23.0 Å². The van der Waals surface area contributed by atoms with E-state index in [2.05, 4.69) is 38.3 Å². The zero-order valence-corrected chi connectivity index (χ0v) is 17.2. The van der Waals surface area contributed by atoms with Gasteiger partial charge in [-0.3, -0.25) is 4.79 Å². The van der Waals surface area contributed by atoms with Gasteiger partial charge in [-0.2, -0.15) is 5.26 Å². The Morgan fingerprint density at radius 2 is 1.76 bits per heavy atom. The number of hydrogen-bond donors (Lipinski definition) is 2. The number of rotatable bonds is 4. The molecule has 3 rings (SSSR count). The standard InChI is InChI=1S/C23H26FN3O2/c1-22(2)12-17(13-23(3,4)27-22)26-21(28)15-8-10-18(11-9-15)29-20-16(14-25)6-5-7-19(20)24/h5-11,17,27H,12-13H2,1-4H3,(H,26,28). The predicted octanol–water partition coefficient (Wildman–Crippen LogP) is 4.53. The third-order valence-electron chi connectivity index (χ3n) is 4.95. The summed E-state index contributed by atoms with van der Waals surface area (Å²) in [5, 5.41) is 15.8. The molecule has 0 aliphatic carbocycles. The first-order valence-electron chi connectivity index (χ1n) is 9.65. The maximum absolute atomic E-state index is 14.0. The van der Waals surface area contributed by atoms with Crippen molar-refractivity contribution in [3.8, 4) is 17.6 Å². The molecule has 1 saturated heterocycles. The SMILES string of the molecule is CC1(C)CC(NC(=O)c2ccc(Oc3c(F)cccc3C#N)cc2)CC(C)(C)N1. The molecule has 0 aromatic heterocycles. The van der Waals surface area contributed by atoms with E-state index in [1.807, 2.05) is 6.07 Å². The minimum absolute atomic E-state index is 0.0599. The highest BCUT2D eigenvalue weighted by molar-refractivity contribution is 5.94. The largest absolute Gasteiger partial charge is 0.453 e. The maximum Gasteiger partial charge on any atom is 0.251 e. The van der Waals surface area contributed by atoms with Crippen molar-refractivity contribution < 1.29 is 13.9 Å². The molecule has 0 unspecified atom stereocenters. The number of halogens is 1. The summed E-state index contributed by atoms with van der Waals surface area (Å²) in [5.41, 5.74) is 0.495. The highest BCUT2D eigenvalue weighted by Gasteiger charge is 2.38. The third kappa shape index (κ3) is 5.12. The molecule has 0 radical (unpaired) electrons. The smallest absolute Gasteiger partial charge is 0.251 e. The van der Waals surface area contributed by atoms with Crippen LogP contribution >= 0.6 is 0 Å². The molecule has 1 amide bonds. The van der Waals surface area contributed by atoms with Gasteiger partial charge in [-0.15, -0.1) is 0 Å². The van der Waals surface area contributed by atoms with Gasteiger partial charge in [0.25, 0.3) is 5.91 Å². The van der Waals surface area contributed by atoms with E-state index >= 15 is 0 Å². The van der Waals surface area contributed by atoms with E-state index in [1.165, 1.54) is 18.2 Å². The van der Waals surface area contributed by atoms with Crippen molar-refractivity contribution in [2.45, 2.75) is 57.7 Å². The minimum Gasteiger partial charge on any atom is -0.453 e. The number of nitriles is 1. The summed E-state index contributed by atoms with van der Waals surface area (Å²) < 4.78 is 19.5. The molecule has 1 aliphatic rings. The molecular weight excluding hydrogens is 369 g/mol. The quantitative estimate of drug-likeness (QED) is 0.798. The van der Waals surface area contributed by atoms with Crippen LogP contribution in [-0.2, 0) is 0 Å². The van der Waals surface area contributed by atoms with Crippen molar-refractivity contribution in [3.63, 3.8) is 0 Å². The summed E-state index contributed by atoms with van der Waals surface area (Å²) in [4.78, 5) is 12.7. The van der Waals surface area contributed by atoms with Crippen LogP contribution in [0, 0.1) is 17.1 Å². The Hall–Kier alpha value is -2.91. The number of nitrogens with one attached hydrogen (secondary N) is 2. The fourth-order valence-corrected chi connectivity index (χ4v) is 4.19. The second-order valence-electron chi connectivity index (χ2n) is 8.83. The number of carbonyl (C=O) groups excluding carboxylic acids is 1. The maximum atomic E-state index is 14.0. The molecule has 0 bridgehead atoms. The molecule has 2 aromatic carbocycles. The average molecular weight is 395 g/mol. The number of piperidine rings is 1. The first-order valence-corrected chi connectivity index (χ1v) is 9.65. The fraction of sp³-hybridized carbons (Fsp3) is 0.391. The van der Waals surface area contributed by atoms with Crippen molar-refractivity contribution in [1.82, 2.24) is 10.6 Å². The Morgan fingerprint density at radius 3 is 2.34 bits per heavy atom. The third-order valence-corrected chi connectivity index (χ3v) is 4.95. The molecule has 1 fully saturated rings. The molecule has 5 nitrogen and oxygen atoms in total. The highest BCUT2D eigenvalue weighted by atomic mass is 19.1. The van der Waals surface area contributed by atoms with Crippen molar-refractivity contribution in [2.24, 2.45) is 0 Å². The lowest BCUT2D eigenvalue weighted by Crippen LogP contribution is -2.62. The molecule has 0 atom stereocenters. The lowest BCUT2D eigenvalue weighted by molar-refractivity contribution is 0.0873. The van der Waals surface area contributed by atoms with Gasteiger partial charge < -0.3 is 15.4 Å². The molecule has 1 heterocycles. The monoisotopic (exact) mass is 395 g/mol. The summed E-state index contributed by atoms with van der Waals surface area (Å²) >= 11 is 0. The van der Waals surface area contributed by atoms with Crippen LogP contribution in [0.5, 0.6) is 11.5 Å². The van der Waals surface area contributed by atoms with Crippen LogP contribution in [0.15, 0.2) is 42.5 Å². The number of nitrogens with zero attached hydrogens (tertiary/aromatic N) is 1. The Balaban J connectivity index is 1.69. The van der Waals surface area contributed by atoms with Crippen molar-refractivity contribution in [3.05, 3.63) is 59.4 Å². The second-order valence-corrected chi connectivity index (χ2v) is 8.83. The van der Waals surface area contributed by atoms with Gasteiger partial charge in [-0.1, -0.05) is 6.07 Å². The van der Waals surface area contributed by atoms with Gasteiger partial charge in [0.1, 0.15) is 11.8 Å². The van der Waals surface area contributed by atoms with E-state index in [0.717, 1.165) is 12.8 Å². The molecular formula is C23H26FN3O2. The summed E-state index contributed by atoms with van der Waals surface area (Å²) in [6.45, 7) is 8.55. The number of benzene rings is 2. The molecule has 1 aliphatic heterocycles. The van der Waals surface area contributed by atoms with Gasteiger partial charge in [0.15, 0.2) is 11.6 Å². The van der Waals surface area contributed by atoms with E-state index in [9.17, 15) is 9.18 Å². The summed E-state index contributed by atoms with van der Waals surface area (Å²) in [6.07, 6.45) is 1.68. The number of para-hydroxylation sites is 1. The molecule has 2 N–H and O–H groups in total. The predicted molar refractivity (Wildman–Crippen MR) is 109 cm³/mol. The number of amides is 1. The lowest BCUT2D eigenvalue weighted by Gasteiger charge is -2.46. The van der Waals surface area contributed by atoms with Gasteiger partial charge in [0, 0.05) is 22.7 Å². The van der Waals surface area contributed by atoms with Crippen molar-refractivity contribution >= 4 is 5.91 Å². The van der Waals surface area contributed by atoms with Gasteiger partial charge >= 0.3 is 0 Å². The number of carbonyl (C=O) groups is 1. The van der Waals surface area contributed by atoms with Crippen molar-refractivity contribution in [2.75, 3.05) is 0 Å². The van der Waals surface area contributed by atoms with Gasteiger partial charge in [-0.25, -0.2) is 4.39 Å². The summed E-state index contributed by atoms with van der Waals surface area (Å²) in [6, 6.07) is 12.6. The lowest BCUT2D eigenvalue weighted by atomic mass is 9.79. The second kappa shape index (κ2) is 7.84. The van der Waals surface area contributed by atoms with Crippen LogP contribution in [0.2, 0.25) is 0 Å². The van der Waals surface area contributed by atoms with Crippen molar-refractivity contribution in [1.29, 1.82) is 5.26 Å². The normalized spacial score (nSPS) is 17.9. The van der Waals surface area contributed by atoms with Crippen LogP contribution in [0.25, 0.3) is 0 Å². The topological polar surface area (TPSA) is 74.1 Å². The minimum atomic E-state index is -0.609. The van der Waals surface area contributed by atoms with Crippen LogP contribution < -0.4 is 15.4 Å². The van der Waals surface area contributed by atoms with Crippen LogP contribution in [0.4, 0.5) is 4.39 Å². The van der Waals surface area contributed by atoms with Gasteiger partial charge in [0.05, 0.1) is 5.56 Å². The van der Waals surface area contributed by atoms with Crippen LogP contribution in [0.3, 0.4) is 0 Å². The number of hydrogen-bond acceptors (Lipinski definition) is 4. The van der Waals surface area contributed by atoms with E-state index in [1.54, 1.807) is 24.3 Å². The average Bonchev–Trinajstić information content (AvgIpc) is 2.61. The zero-order valence-electron chi connectivity index (χ0n) is 17.2. The highest BCUT2D eigenvalue weighted by Crippen LogP contribution is 2.30. The molecule has 6 heteroatoms. The van der Waals surface area contributed by atoms with Gasteiger partial charge in [0.2, 0.25) is 0 Å². The Bertz CT molecular complexity index is 930. The van der Waals surface area contributed by atoms with Gasteiger partial charge in [-0.05, 0) is 76.9 Å². The first kappa shape index (κ1) is 20.8. The Labute approximate surface area is 170 Å².